The van der Waals surface area contributed by atoms with Gasteiger partial charge in [-0.1, -0.05) is 25.0 Å². The summed E-state index contributed by atoms with van der Waals surface area (Å²) in [6.45, 7) is 1.77. The molecule has 30 heavy (non-hydrogen) atoms. The van der Waals surface area contributed by atoms with Crippen molar-refractivity contribution >= 4 is 29.4 Å². The van der Waals surface area contributed by atoms with E-state index in [1.54, 1.807) is 12.0 Å². The van der Waals surface area contributed by atoms with Gasteiger partial charge in [-0.15, -0.1) is 0 Å². The summed E-state index contributed by atoms with van der Waals surface area (Å²) in [5, 5.41) is 0. The van der Waals surface area contributed by atoms with Gasteiger partial charge in [0, 0.05) is 32.2 Å². The summed E-state index contributed by atoms with van der Waals surface area (Å²) in [5.74, 6) is -1.25. The van der Waals surface area contributed by atoms with Crippen LogP contribution in [0.5, 0.6) is 5.75 Å². The summed E-state index contributed by atoms with van der Waals surface area (Å²) in [5.41, 5.74) is 0.967. The standard InChI is InChI=1S/C21H26N4O5/c1-30-17-9-5-4-8-16(17)22-10-12-23(13-11-22)18(26)14-24-19(27)20(28)25(21(24)29)15-6-2-3-7-15/h4-5,8-9,15H,2-3,6-7,10-14H2,1H3. The van der Waals surface area contributed by atoms with Crippen molar-refractivity contribution in [1.29, 1.82) is 0 Å². The Bertz CT molecular complexity index is 859. The number of nitrogens with zero attached hydrogens (tertiary/aromatic N) is 4. The van der Waals surface area contributed by atoms with Crippen molar-refractivity contribution < 1.29 is 23.9 Å². The van der Waals surface area contributed by atoms with Gasteiger partial charge in [-0.05, 0) is 25.0 Å². The lowest BCUT2D eigenvalue weighted by atomic mass is 10.2. The lowest BCUT2D eigenvalue weighted by molar-refractivity contribution is -0.145. The SMILES string of the molecule is COc1ccccc1N1CCN(C(=O)CN2C(=O)C(=O)N(C3CCCC3)C2=O)CC1. The van der Waals surface area contributed by atoms with Gasteiger partial charge >= 0.3 is 17.8 Å². The van der Waals surface area contributed by atoms with Gasteiger partial charge in [0.05, 0.1) is 12.8 Å². The molecule has 9 heteroatoms. The average Bonchev–Trinajstić information content (AvgIpc) is 3.37. The number of para-hydroxylation sites is 2. The number of amides is 5. The molecule has 1 aliphatic carbocycles. The molecule has 2 aliphatic heterocycles. The minimum Gasteiger partial charge on any atom is -0.495 e. The predicted molar refractivity (Wildman–Crippen MR) is 108 cm³/mol. The fourth-order valence-electron chi connectivity index (χ4n) is 4.47. The number of methoxy groups -OCH3 is 1. The predicted octanol–water partition coefficient (Wildman–Crippen LogP) is 1.08. The van der Waals surface area contributed by atoms with Crippen LogP contribution in [0.25, 0.3) is 0 Å². The Balaban J connectivity index is 1.36. The minimum absolute atomic E-state index is 0.224. The first kappa shape index (κ1) is 20.2. The number of hydrogen-bond acceptors (Lipinski definition) is 6. The smallest absolute Gasteiger partial charge is 0.334 e. The number of imide groups is 2. The fourth-order valence-corrected chi connectivity index (χ4v) is 4.47. The molecule has 2 saturated heterocycles. The molecule has 160 valence electrons. The molecule has 3 fully saturated rings. The number of benzene rings is 1. The molecular formula is C21H26N4O5. The Hall–Kier alpha value is -3.10. The molecule has 1 saturated carbocycles. The summed E-state index contributed by atoms with van der Waals surface area (Å²) in [7, 11) is 1.62. The molecule has 4 rings (SSSR count). The van der Waals surface area contributed by atoms with E-state index in [1.165, 1.54) is 0 Å². The van der Waals surface area contributed by atoms with Crippen molar-refractivity contribution in [3.63, 3.8) is 0 Å². The van der Waals surface area contributed by atoms with Gasteiger partial charge in [-0.2, -0.15) is 0 Å². The lowest BCUT2D eigenvalue weighted by Crippen LogP contribution is -2.52. The molecular weight excluding hydrogens is 388 g/mol. The van der Waals surface area contributed by atoms with Crippen molar-refractivity contribution in [2.24, 2.45) is 0 Å². The highest BCUT2D eigenvalue weighted by atomic mass is 16.5. The molecule has 0 unspecified atom stereocenters. The molecule has 2 heterocycles. The zero-order chi connectivity index (χ0) is 21.3. The van der Waals surface area contributed by atoms with Gasteiger partial charge in [-0.25, -0.2) is 9.69 Å². The number of anilines is 1. The van der Waals surface area contributed by atoms with Gasteiger partial charge in [0.15, 0.2) is 0 Å². The van der Waals surface area contributed by atoms with E-state index in [1.807, 2.05) is 24.3 Å². The van der Waals surface area contributed by atoms with E-state index in [4.69, 9.17) is 4.74 Å². The van der Waals surface area contributed by atoms with Crippen molar-refractivity contribution in [1.82, 2.24) is 14.7 Å². The molecule has 0 N–H and O–H groups in total. The molecule has 1 aromatic carbocycles. The summed E-state index contributed by atoms with van der Waals surface area (Å²) >= 11 is 0. The van der Waals surface area contributed by atoms with E-state index in [9.17, 15) is 19.2 Å². The zero-order valence-corrected chi connectivity index (χ0v) is 17.1. The van der Waals surface area contributed by atoms with E-state index in [2.05, 4.69) is 4.90 Å². The molecule has 3 aliphatic rings. The van der Waals surface area contributed by atoms with Gasteiger partial charge in [0.25, 0.3) is 0 Å². The number of carbonyl (C=O) groups is 4. The second-order valence-electron chi connectivity index (χ2n) is 7.83. The number of carbonyl (C=O) groups excluding carboxylic acids is 4. The van der Waals surface area contributed by atoms with Crippen molar-refractivity contribution in [3.8, 4) is 5.75 Å². The molecule has 1 aromatic rings. The lowest BCUT2D eigenvalue weighted by Gasteiger charge is -2.37. The Morgan fingerprint density at radius 1 is 1.00 bits per heavy atom. The van der Waals surface area contributed by atoms with Gasteiger partial charge < -0.3 is 14.5 Å². The van der Waals surface area contributed by atoms with Crippen LogP contribution in [0.2, 0.25) is 0 Å². The monoisotopic (exact) mass is 414 g/mol. The first-order valence-corrected chi connectivity index (χ1v) is 10.4. The highest BCUT2D eigenvalue weighted by Crippen LogP contribution is 2.29. The van der Waals surface area contributed by atoms with Crippen molar-refractivity contribution in [2.75, 3.05) is 44.7 Å². The quantitative estimate of drug-likeness (QED) is 0.529. The number of piperazine rings is 1. The third-order valence-electron chi connectivity index (χ3n) is 6.13. The van der Waals surface area contributed by atoms with E-state index in [-0.39, 0.29) is 18.5 Å². The van der Waals surface area contributed by atoms with Crippen LogP contribution in [0, 0.1) is 0 Å². The van der Waals surface area contributed by atoms with E-state index in [0.29, 0.717) is 26.2 Å². The number of rotatable bonds is 5. The Labute approximate surface area is 175 Å². The maximum Gasteiger partial charge on any atom is 0.334 e. The second-order valence-corrected chi connectivity index (χ2v) is 7.83. The van der Waals surface area contributed by atoms with Crippen LogP contribution in [0.15, 0.2) is 24.3 Å². The van der Waals surface area contributed by atoms with E-state index >= 15 is 0 Å². The molecule has 0 bridgehead atoms. The van der Waals surface area contributed by atoms with Gasteiger partial charge in [0.2, 0.25) is 5.91 Å². The highest BCUT2D eigenvalue weighted by Gasteiger charge is 2.49. The number of urea groups is 1. The van der Waals surface area contributed by atoms with Crippen molar-refractivity contribution in [2.45, 2.75) is 31.7 Å². The van der Waals surface area contributed by atoms with E-state index in [0.717, 1.165) is 46.9 Å². The van der Waals surface area contributed by atoms with Gasteiger partial charge in [0.1, 0.15) is 12.3 Å². The van der Waals surface area contributed by atoms with Crippen LogP contribution in [0.3, 0.4) is 0 Å². The largest absolute Gasteiger partial charge is 0.495 e. The molecule has 5 amide bonds. The van der Waals surface area contributed by atoms with Crippen LogP contribution in [0.1, 0.15) is 25.7 Å². The molecule has 0 radical (unpaired) electrons. The van der Waals surface area contributed by atoms with Crippen LogP contribution in [-0.2, 0) is 14.4 Å². The van der Waals surface area contributed by atoms with E-state index < -0.39 is 17.8 Å². The number of hydrogen-bond donors (Lipinski definition) is 0. The summed E-state index contributed by atoms with van der Waals surface area (Å²) in [6, 6.07) is 6.83. The van der Waals surface area contributed by atoms with Crippen molar-refractivity contribution in [3.05, 3.63) is 24.3 Å². The van der Waals surface area contributed by atoms with Crippen LogP contribution < -0.4 is 9.64 Å². The highest BCUT2D eigenvalue weighted by molar-refractivity contribution is 6.45. The third-order valence-corrected chi connectivity index (χ3v) is 6.13. The second kappa shape index (κ2) is 8.33. The molecule has 0 atom stereocenters. The maximum absolute atomic E-state index is 12.8. The minimum atomic E-state index is -0.895. The van der Waals surface area contributed by atoms with Crippen LogP contribution in [0.4, 0.5) is 10.5 Å². The molecule has 0 spiro atoms. The summed E-state index contributed by atoms with van der Waals surface area (Å²) in [6.07, 6.45) is 3.31. The zero-order valence-electron chi connectivity index (χ0n) is 17.1. The first-order valence-electron chi connectivity index (χ1n) is 10.4. The average molecular weight is 414 g/mol. The normalized spacial score (nSPS) is 20.5. The number of ether oxygens (including phenoxy) is 1. The fraction of sp³-hybridized carbons (Fsp3) is 0.524. The van der Waals surface area contributed by atoms with Gasteiger partial charge in [-0.3, -0.25) is 19.3 Å². The van der Waals surface area contributed by atoms with Crippen LogP contribution >= 0.6 is 0 Å². The Morgan fingerprint density at radius 2 is 1.67 bits per heavy atom. The summed E-state index contributed by atoms with van der Waals surface area (Å²) in [4.78, 5) is 55.7. The Kier molecular flexibility index (Phi) is 5.61. The topological polar surface area (TPSA) is 90.5 Å². The Morgan fingerprint density at radius 3 is 2.33 bits per heavy atom. The third kappa shape index (κ3) is 3.59. The molecule has 9 nitrogen and oxygen atoms in total. The van der Waals surface area contributed by atoms with Crippen LogP contribution in [-0.4, -0.2) is 84.3 Å². The molecule has 0 aromatic heterocycles. The first-order chi connectivity index (χ1) is 14.5. The maximum atomic E-state index is 12.8. The summed E-state index contributed by atoms with van der Waals surface area (Å²) < 4.78 is 5.41.